The summed E-state index contributed by atoms with van der Waals surface area (Å²) in [5.41, 5.74) is 5.91. The summed E-state index contributed by atoms with van der Waals surface area (Å²) in [5, 5.41) is 14.7. The first-order valence-electron chi connectivity index (χ1n) is 4.34. The largest absolute Gasteiger partial charge is 0.368 e. The molecule has 0 saturated carbocycles. The third-order valence-electron chi connectivity index (χ3n) is 1.96. The van der Waals surface area contributed by atoms with E-state index in [2.05, 4.69) is 15.1 Å². The van der Waals surface area contributed by atoms with Crippen LogP contribution < -0.4 is 5.73 Å². The first-order chi connectivity index (χ1) is 7.58. The monoisotopic (exact) mass is 220 g/mol. The predicted molar refractivity (Wildman–Crippen MR) is 55.3 cm³/mol. The van der Waals surface area contributed by atoms with E-state index in [1.807, 2.05) is 0 Å². The second-order valence-electron chi connectivity index (χ2n) is 3.12. The molecule has 0 aliphatic carbocycles. The minimum absolute atomic E-state index is 0.00977. The number of aromatic nitrogens is 4. The Kier molecular flexibility index (Phi) is 2.24. The molecule has 0 unspecified atom stereocenters. The van der Waals surface area contributed by atoms with Crippen LogP contribution in [0, 0.1) is 10.1 Å². The highest BCUT2D eigenvalue weighted by molar-refractivity contribution is 5.68. The number of nitrogen functional groups attached to an aromatic ring is 1. The lowest BCUT2D eigenvalue weighted by Gasteiger charge is -1.99. The van der Waals surface area contributed by atoms with Crippen LogP contribution in [0.1, 0.15) is 0 Å². The number of aryl methyl sites for hydroxylation is 1. The van der Waals surface area contributed by atoms with Crippen LogP contribution in [-0.2, 0) is 7.05 Å². The molecule has 0 atom stereocenters. The molecule has 2 rings (SSSR count). The smallest absolute Gasteiger partial charge is 0.313 e. The van der Waals surface area contributed by atoms with Crippen molar-refractivity contribution >= 4 is 11.6 Å². The Bertz CT molecular complexity index is 549. The van der Waals surface area contributed by atoms with Crippen molar-refractivity contribution in [1.29, 1.82) is 0 Å². The van der Waals surface area contributed by atoms with Crippen molar-refractivity contribution in [2.24, 2.45) is 7.05 Å². The van der Waals surface area contributed by atoms with Crippen LogP contribution in [0.4, 0.5) is 11.6 Å². The van der Waals surface area contributed by atoms with Gasteiger partial charge in [0, 0.05) is 18.8 Å². The van der Waals surface area contributed by atoms with Crippen molar-refractivity contribution in [3.8, 4) is 11.3 Å². The Morgan fingerprint density at radius 3 is 2.81 bits per heavy atom. The predicted octanol–water partition coefficient (Wildman–Crippen LogP) is 0.367. The zero-order chi connectivity index (χ0) is 11.7. The van der Waals surface area contributed by atoms with Gasteiger partial charge < -0.3 is 5.73 Å². The SMILES string of the molecule is Cn1cc(-c2nc(N)ncc2[N+](=O)[O-])cn1. The van der Waals surface area contributed by atoms with E-state index in [-0.39, 0.29) is 17.3 Å². The molecule has 0 spiro atoms. The molecule has 0 saturated heterocycles. The zero-order valence-corrected chi connectivity index (χ0v) is 8.36. The fourth-order valence-electron chi connectivity index (χ4n) is 1.28. The molecule has 8 nitrogen and oxygen atoms in total. The summed E-state index contributed by atoms with van der Waals surface area (Å²) in [4.78, 5) is 17.7. The maximum atomic E-state index is 10.8. The molecule has 2 aromatic heterocycles. The molecule has 8 heteroatoms. The Balaban J connectivity index is 2.62. The highest BCUT2D eigenvalue weighted by Gasteiger charge is 2.19. The molecule has 2 heterocycles. The van der Waals surface area contributed by atoms with Gasteiger partial charge in [0.05, 0.1) is 11.1 Å². The van der Waals surface area contributed by atoms with Crippen molar-refractivity contribution in [2.75, 3.05) is 5.73 Å². The van der Waals surface area contributed by atoms with Gasteiger partial charge >= 0.3 is 5.69 Å². The lowest BCUT2D eigenvalue weighted by molar-refractivity contribution is -0.384. The molecule has 0 fully saturated rings. The Labute approximate surface area is 89.9 Å². The maximum Gasteiger partial charge on any atom is 0.313 e. The number of nitro groups is 1. The molecule has 0 aliphatic heterocycles. The number of hydrogen-bond donors (Lipinski definition) is 1. The summed E-state index contributed by atoms with van der Waals surface area (Å²) in [5.74, 6) is -0.00977. The van der Waals surface area contributed by atoms with E-state index in [0.717, 1.165) is 6.20 Å². The number of hydrogen-bond acceptors (Lipinski definition) is 6. The number of nitrogens with zero attached hydrogens (tertiary/aromatic N) is 5. The summed E-state index contributed by atoms with van der Waals surface area (Å²) in [6, 6.07) is 0. The number of rotatable bonds is 2. The molecular weight excluding hydrogens is 212 g/mol. The van der Waals surface area contributed by atoms with E-state index in [9.17, 15) is 10.1 Å². The van der Waals surface area contributed by atoms with Gasteiger partial charge in [-0.15, -0.1) is 0 Å². The van der Waals surface area contributed by atoms with Crippen LogP contribution in [0.5, 0.6) is 0 Å². The minimum Gasteiger partial charge on any atom is -0.368 e. The highest BCUT2D eigenvalue weighted by Crippen LogP contribution is 2.26. The van der Waals surface area contributed by atoms with Crippen LogP contribution in [0.2, 0.25) is 0 Å². The average molecular weight is 220 g/mol. The van der Waals surface area contributed by atoms with Crippen LogP contribution >= 0.6 is 0 Å². The summed E-state index contributed by atoms with van der Waals surface area (Å²) >= 11 is 0. The van der Waals surface area contributed by atoms with Crippen molar-refractivity contribution in [3.63, 3.8) is 0 Å². The van der Waals surface area contributed by atoms with Gasteiger partial charge in [-0.2, -0.15) is 5.10 Å². The fourth-order valence-corrected chi connectivity index (χ4v) is 1.28. The van der Waals surface area contributed by atoms with Crippen molar-refractivity contribution in [3.05, 3.63) is 28.7 Å². The molecule has 0 amide bonds. The second kappa shape index (κ2) is 3.57. The van der Waals surface area contributed by atoms with Crippen molar-refractivity contribution < 1.29 is 4.92 Å². The quantitative estimate of drug-likeness (QED) is 0.577. The molecule has 82 valence electrons. The second-order valence-corrected chi connectivity index (χ2v) is 3.12. The van der Waals surface area contributed by atoms with E-state index in [0.29, 0.717) is 5.56 Å². The highest BCUT2D eigenvalue weighted by atomic mass is 16.6. The van der Waals surface area contributed by atoms with E-state index < -0.39 is 4.92 Å². The molecule has 2 aromatic rings. The molecule has 0 bridgehead atoms. The Morgan fingerprint density at radius 1 is 1.50 bits per heavy atom. The summed E-state index contributed by atoms with van der Waals surface area (Å²) in [6.07, 6.45) is 4.19. The van der Waals surface area contributed by atoms with E-state index in [1.165, 1.54) is 10.9 Å². The first kappa shape index (κ1) is 10.0. The van der Waals surface area contributed by atoms with Crippen LogP contribution in [0.25, 0.3) is 11.3 Å². The Hall–Kier alpha value is -2.51. The lowest BCUT2D eigenvalue weighted by atomic mass is 10.2. The van der Waals surface area contributed by atoms with Crippen molar-refractivity contribution in [1.82, 2.24) is 19.7 Å². The van der Waals surface area contributed by atoms with Crippen LogP contribution in [-0.4, -0.2) is 24.7 Å². The van der Waals surface area contributed by atoms with Crippen LogP contribution in [0.3, 0.4) is 0 Å². The van der Waals surface area contributed by atoms with Gasteiger partial charge in [-0.3, -0.25) is 14.8 Å². The topological polar surface area (TPSA) is 113 Å². The fraction of sp³-hybridized carbons (Fsp3) is 0.125. The summed E-state index contributed by atoms with van der Waals surface area (Å²) in [7, 11) is 1.71. The zero-order valence-electron chi connectivity index (χ0n) is 8.36. The molecule has 16 heavy (non-hydrogen) atoms. The molecule has 0 radical (unpaired) electrons. The molecule has 2 N–H and O–H groups in total. The number of anilines is 1. The third kappa shape index (κ3) is 1.67. The van der Waals surface area contributed by atoms with Crippen LogP contribution in [0.15, 0.2) is 18.6 Å². The molecule has 0 aromatic carbocycles. The van der Waals surface area contributed by atoms with E-state index >= 15 is 0 Å². The Morgan fingerprint density at radius 2 is 2.25 bits per heavy atom. The number of nitrogens with two attached hydrogens (primary N) is 1. The van der Waals surface area contributed by atoms with Gasteiger partial charge in [-0.1, -0.05) is 0 Å². The normalized spacial score (nSPS) is 10.3. The van der Waals surface area contributed by atoms with Gasteiger partial charge in [-0.25, -0.2) is 9.97 Å². The van der Waals surface area contributed by atoms with Gasteiger partial charge in [0.25, 0.3) is 0 Å². The first-order valence-corrected chi connectivity index (χ1v) is 4.34. The molecular formula is C8H8N6O2. The summed E-state index contributed by atoms with van der Waals surface area (Å²) in [6.45, 7) is 0. The van der Waals surface area contributed by atoms with Crippen molar-refractivity contribution in [2.45, 2.75) is 0 Å². The van der Waals surface area contributed by atoms with E-state index in [4.69, 9.17) is 5.73 Å². The minimum atomic E-state index is -0.554. The standard InChI is InChI=1S/C8H8N6O2/c1-13-4-5(2-11-13)7-6(14(15)16)3-10-8(9)12-7/h2-4H,1H3,(H2,9,10,12). The summed E-state index contributed by atoms with van der Waals surface area (Å²) < 4.78 is 1.53. The van der Waals surface area contributed by atoms with Gasteiger partial charge in [-0.05, 0) is 0 Å². The lowest BCUT2D eigenvalue weighted by Crippen LogP contribution is -2.00. The van der Waals surface area contributed by atoms with Gasteiger partial charge in [0.15, 0.2) is 5.69 Å². The van der Waals surface area contributed by atoms with E-state index in [1.54, 1.807) is 13.2 Å². The maximum absolute atomic E-state index is 10.8. The average Bonchev–Trinajstić information content (AvgIpc) is 2.64. The third-order valence-corrected chi connectivity index (χ3v) is 1.96. The van der Waals surface area contributed by atoms with Gasteiger partial charge in [0.2, 0.25) is 5.95 Å². The van der Waals surface area contributed by atoms with Gasteiger partial charge in [0.1, 0.15) is 6.20 Å². The molecule has 0 aliphatic rings.